The second-order valence-electron chi connectivity index (χ2n) is 5.63. The molecule has 22 heavy (non-hydrogen) atoms. The fourth-order valence-electron chi connectivity index (χ4n) is 2.71. The summed E-state index contributed by atoms with van der Waals surface area (Å²) in [6.45, 7) is 0. The summed E-state index contributed by atoms with van der Waals surface area (Å²) in [6, 6.07) is 15.5. The molecule has 0 heterocycles. The molecule has 114 valence electrons. The monoisotopic (exact) mass is 315 g/mol. The minimum atomic E-state index is 0.0431. The minimum Gasteiger partial charge on any atom is -0.495 e. The fraction of sp³-hybridized carbons (Fsp3) is 0.278. The first-order chi connectivity index (χ1) is 10.7. The van der Waals surface area contributed by atoms with E-state index in [1.807, 2.05) is 18.2 Å². The van der Waals surface area contributed by atoms with Crippen molar-refractivity contribution in [1.82, 2.24) is 0 Å². The Kier molecular flexibility index (Phi) is 4.34. The van der Waals surface area contributed by atoms with Crippen molar-refractivity contribution in [2.24, 2.45) is 11.8 Å². The van der Waals surface area contributed by atoms with E-state index in [0.29, 0.717) is 22.4 Å². The molecule has 4 heteroatoms. The van der Waals surface area contributed by atoms with E-state index < -0.39 is 0 Å². The standard InChI is InChI=1S/C18H18ClNO2/c1-22-17-8-7-14(19)11-16(17)20-18(21)15-10-13(15)9-12-5-3-2-4-6-12/h2-8,11,13,15H,9-10H2,1H3,(H,20,21). The van der Waals surface area contributed by atoms with Crippen molar-refractivity contribution in [2.75, 3.05) is 12.4 Å². The van der Waals surface area contributed by atoms with Gasteiger partial charge in [0.25, 0.3) is 0 Å². The van der Waals surface area contributed by atoms with Crippen molar-refractivity contribution in [3.63, 3.8) is 0 Å². The number of anilines is 1. The van der Waals surface area contributed by atoms with Crippen molar-refractivity contribution in [1.29, 1.82) is 0 Å². The summed E-state index contributed by atoms with van der Waals surface area (Å²) in [7, 11) is 1.58. The van der Waals surface area contributed by atoms with Crippen LogP contribution in [0.5, 0.6) is 5.75 Å². The molecule has 2 atom stereocenters. The second-order valence-corrected chi connectivity index (χ2v) is 6.06. The van der Waals surface area contributed by atoms with Crippen LogP contribution < -0.4 is 10.1 Å². The largest absolute Gasteiger partial charge is 0.495 e. The van der Waals surface area contributed by atoms with E-state index in [2.05, 4.69) is 17.4 Å². The molecular weight excluding hydrogens is 298 g/mol. The van der Waals surface area contributed by atoms with Crippen LogP contribution in [-0.2, 0) is 11.2 Å². The van der Waals surface area contributed by atoms with Gasteiger partial charge in [0.1, 0.15) is 5.75 Å². The number of ether oxygens (including phenoxy) is 1. The topological polar surface area (TPSA) is 38.3 Å². The Morgan fingerprint density at radius 2 is 2.05 bits per heavy atom. The Bertz CT molecular complexity index is 672. The highest BCUT2D eigenvalue weighted by atomic mass is 35.5. The van der Waals surface area contributed by atoms with Gasteiger partial charge in [-0.1, -0.05) is 41.9 Å². The van der Waals surface area contributed by atoms with Crippen LogP contribution in [0, 0.1) is 11.8 Å². The quantitative estimate of drug-likeness (QED) is 0.899. The summed E-state index contributed by atoms with van der Waals surface area (Å²) in [6.07, 6.45) is 1.88. The number of methoxy groups -OCH3 is 1. The summed E-state index contributed by atoms with van der Waals surface area (Å²) in [4.78, 5) is 12.3. The summed E-state index contributed by atoms with van der Waals surface area (Å²) < 4.78 is 5.25. The second kappa shape index (κ2) is 6.41. The third kappa shape index (κ3) is 3.42. The molecule has 1 saturated carbocycles. The van der Waals surface area contributed by atoms with E-state index in [4.69, 9.17) is 16.3 Å². The molecule has 1 aliphatic carbocycles. The highest BCUT2D eigenvalue weighted by molar-refractivity contribution is 6.31. The van der Waals surface area contributed by atoms with Crippen molar-refractivity contribution in [3.05, 3.63) is 59.1 Å². The molecule has 0 bridgehead atoms. The van der Waals surface area contributed by atoms with Gasteiger partial charge in [0.15, 0.2) is 0 Å². The van der Waals surface area contributed by atoms with Crippen LogP contribution in [0.15, 0.2) is 48.5 Å². The van der Waals surface area contributed by atoms with Gasteiger partial charge in [0.2, 0.25) is 5.91 Å². The first-order valence-electron chi connectivity index (χ1n) is 7.35. The molecule has 2 aromatic carbocycles. The number of amides is 1. The first kappa shape index (κ1) is 14.9. The summed E-state index contributed by atoms with van der Waals surface area (Å²) in [5.74, 6) is 1.16. The van der Waals surface area contributed by atoms with Crippen molar-refractivity contribution in [2.45, 2.75) is 12.8 Å². The van der Waals surface area contributed by atoms with Crippen LogP contribution >= 0.6 is 11.6 Å². The van der Waals surface area contributed by atoms with Gasteiger partial charge in [-0.2, -0.15) is 0 Å². The van der Waals surface area contributed by atoms with Gasteiger partial charge in [0, 0.05) is 10.9 Å². The smallest absolute Gasteiger partial charge is 0.227 e. The predicted molar refractivity (Wildman–Crippen MR) is 88.4 cm³/mol. The molecule has 2 aromatic rings. The fourth-order valence-corrected chi connectivity index (χ4v) is 2.89. The molecule has 2 unspecified atom stereocenters. The molecule has 3 rings (SSSR count). The Morgan fingerprint density at radius 1 is 1.27 bits per heavy atom. The van der Waals surface area contributed by atoms with Crippen LogP contribution in [0.1, 0.15) is 12.0 Å². The van der Waals surface area contributed by atoms with Gasteiger partial charge < -0.3 is 10.1 Å². The number of rotatable bonds is 5. The van der Waals surface area contributed by atoms with E-state index in [1.54, 1.807) is 25.3 Å². The molecule has 3 nitrogen and oxygen atoms in total. The normalized spacial score (nSPS) is 19.5. The number of carbonyl (C=O) groups excluding carboxylic acids is 1. The van der Waals surface area contributed by atoms with Crippen molar-refractivity contribution >= 4 is 23.2 Å². The summed E-state index contributed by atoms with van der Waals surface area (Å²) in [5, 5.41) is 3.51. The van der Waals surface area contributed by atoms with Crippen LogP contribution in [0.3, 0.4) is 0 Å². The molecule has 1 N–H and O–H groups in total. The molecule has 0 aromatic heterocycles. The Hall–Kier alpha value is -2.00. The van der Waals surface area contributed by atoms with E-state index in [-0.39, 0.29) is 11.8 Å². The Morgan fingerprint density at radius 3 is 2.77 bits per heavy atom. The van der Waals surface area contributed by atoms with Crippen molar-refractivity contribution in [3.8, 4) is 5.75 Å². The third-order valence-corrected chi connectivity index (χ3v) is 4.25. The zero-order chi connectivity index (χ0) is 15.5. The molecule has 0 radical (unpaired) electrons. The maximum Gasteiger partial charge on any atom is 0.227 e. The maximum atomic E-state index is 12.3. The zero-order valence-electron chi connectivity index (χ0n) is 12.4. The summed E-state index contributed by atoms with van der Waals surface area (Å²) >= 11 is 5.98. The first-order valence-corrected chi connectivity index (χ1v) is 7.73. The van der Waals surface area contributed by atoms with Gasteiger partial charge in [-0.15, -0.1) is 0 Å². The molecule has 1 fully saturated rings. The maximum absolute atomic E-state index is 12.3. The third-order valence-electron chi connectivity index (χ3n) is 4.02. The number of benzene rings is 2. The van der Waals surface area contributed by atoms with Gasteiger partial charge in [-0.05, 0) is 42.5 Å². The number of halogens is 1. The predicted octanol–water partition coefficient (Wildman–Crippen LogP) is 4.17. The number of nitrogens with one attached hydrogen (secondary N) is 1. The highest BCUT2D eigenvalue weighted by Crippen LogP contribution is 2.42. The van der Waals surface area contributed by atoms with Gasteiger partial charge >= 0.3 is 0 Å². The average molecular weight is 316 g/mol. The summed E-state index contributed by atoms with van der Waals surface area (Å²) in [5.41, 5.74) is 1.91. The van der Waals surface area contributed by atoms with Crippen LogP contribution in [-0.4, -0.2) is 13.0 Å². The molecular formula is C18H18ClNO2. The van der Waals surface area contributed by atoms with Crippen LogP contribution in [0.4, 0.5) is 5.69 Å². The van der Waals surface area contributed by atoms with Gasteiger partial charge in [0.05, 0.1) is 12.8 Å². The lowest BCUT2D eigenvalue weighted by Crippen LogP contribution is -2.15. The molecule has 1 amide bonds. The lowest BCUT2D eigenvalue weighted by Gasteiger charge is -2.10. The van der Waals surface area contributed by atoms with E-state index in [9.17, 15) is 4.79 Å². The molecule has 0 saturated heterocycles. The lowest BCUT2D eigenvalue weighted by molar-refractivity contribution is -0.117. The number of hydrogen-bond acceptors (Lipinski definition) is 2. The van der Waals surface area contributed by atoms with E-state index in [0.717, 1.165) is 12.8 Å². The zero-order valence-corrected chi connectivity index (χ0v) is 13.1. The molecule has 0 aliphatic heterocycles. The lowest BCUT2D eigenvalue weighted by atomic mass is 10.1. The number of carbonyl (C=O) groups is 1. The SMILES string of the molecule is COc1ccc(Cl)cc1NC(=O)C1CC1Cc1ccccc1. The van der Waals surface area contributed by atoms with Crippen LogP contribution in [0.25, 0.3) is 0 Å². The Labute approximate surface area is 135 Å². The Balaban J connectivity index is 1.61. The van der Waals surface area contributed by atoms with E-state index >= 15 is 0 Å². The van der Waals surface area contributed by atoms with Gasteiger partial charge in [-0.3, -0.25) is 4.79 Å². The van der Waals surface area contributed by atoms with Crippen molar-refractivity contribution < 1.29 is 9.53 Å². The van der Waals surface area contributed by atoms with Gasteiger partial charge in [-0.25, -0.2) is 0 Å². The van der Waals surface area contributed by atoms with E-state index in [1.165, 1.54) is 5.56 Å². The van der Waals surface area contributed by atoms with Crippen LogP contribution in [0.2, 0.25) is 5.02 Å². The highest BCUT2D eigenvalue weighted by Gasteiger charge is 2.42. The molecule has 1 aliphatic rings. The average Bonchev–Trinajstić information content (AvgIpc) is 3.28. The minimum absolute atomic E-state index is 0.0431. The number of hydrogen-bond donors (Lipinski definition) is 1. The molecule has 0 spiro atoms.